The summed E-state index contributed by atoms with van der Waals surface area (Å²) in [6.45, 7) is 0. The van der Waals surface area contributed by atoms with Gasteiger partial charge in [-0.15, -0.1) is 11.3 Å². The van der Waals surface area contributed by atoms with Gasteiger partial charge in [0.05, 0.1) is 5.69 Å². The Bertz CT molecular complexity index is 705. The summed E-state index contributed by atoms with van der Waals surface area (Å²) in [6, 6.07) is 20.4. The number of rotatable bonds is 5. The molecule has 0 bridgehead atoms. The molecule has 0 aliphatic rings. The molecule has 0 saturated heterocycles. The fourth-order valence-corrected chi connectivity index (χ4v) is 2.60. The van der Waals surface area contributed by atoms with E-state index in [2.05, 4.69) is 39.8 Å². The number of hydrogen-bond donors (Lipinski definition) is 1. The maximum Gasteiger partial charge on any atom is 0.203 e. The third-order valence-corrected chi connectivity index (χ3v) is 3.74. The first-order chi connectivity index (χ1) is 10.4. The molecule has 1 N–H and O–H groups in total. The highest BCUT2D eigenvalue weighted by Gasteiger charge is 2.02. The van der Waals surface area contributed by atoms with Crippen LogP contribution in [0.4, 0.5) is 5.13 Å². The molecule has 0 aliphatic heterocycles. The van der Waals surface area contributed by atoms with Gasteiger partial charge in [-0.05, 0) is 5.56 Å². The van der Waals surface area contributed by atoms with Crippen molar-refractivity contribution in [1.82, 2.24) is 4.98 Å². The molecule has 4 heteroatoms. The maximum absolute atomic E-state index is 4.52. The van der Waals surface area contributed by atoms with Crippen molar-refractivity contribution in [2.45, 2.75) is 6.42 Å². The Kier molecular flexibility index (Phi) is 4.39. The minimum Gasteiger partial charge on any atom is -0.253 e. The Balaban J connectivity index is 1.58. The lowest BCUT2D eigenvalue weighted by Gasteiger charge is -1.96. The third-order valence-electron chi connectivity index (χ3n) is 3.00. The molecular formula is C17H15N3S. The molecule has 0 aliphatic carbocycles. The molecule has 0 radical (unpaired) electrons. The van der Waals surface area contributed by atoms with Crippen LogP contribution < -0.4 is 5.43 Å². The summed E-state index contributed by atoms with van der Waals surface area (Å²) in [5.74, 6) is 0. The van der Waals surface area contributed by atoms with Gasteiger partial charge in [0.1, 0.15) is 0 Å². The predicted molar refractivity (Wildman–Crippen MR) is 89.8 cm³/mol. The number of benzene rings is 2. The van der Waals surface area contributed by atoms with E-state index in [1.807, 2.05) is 48.0 Å². The molecule has 0 unspecified atom stereocenters. The molecule has 0 fully saturated rings. The van der Waals surface area contributed by atoms with Gasteiger partial charge in [-0.1, -0.05) is 60.7 Å². The largest absolute Gasteiger partial charge is 0.253 e. The lowest BCUT2D eigenvalue weighted by Crippen LogP contribution is -1.91. The lowest BCUT2D eigenvalue weighted by molar-refractivity contribution is 1.26. The monoisotopic (exact) mass is 293 g/mol. The van der Waals surface area contributed by atoms with Crippen LogP contribution in [0.3, 0.4) is 0 Å². The molecule has 21 heavy (non-hydrogen) atoms. The minimum absolute atomic E-state index is 0.804. The topological polar surface area (TPSA) is 37.3 Å². The second-order valence-corrected chi connectivity index (χ2v) is 5.38. The van der Waals surface area contributed by atoms with Gasteiger partial charge in [-0.3, -0.25) is 5.43 Å². The van der Waals surface area contributed by atoms with Crippen LogP contribution in [0.1, 0.15) is 5.56 Å². The van der Waals surface area contributed by atoms with Gasteiger partial charge in [-0.25, -0.2) is 4.98 Å². The molecule has 0 spiro atoms. The number of nitrogens with one attached hydrogen (secondary N) is 1. The van der Waals surface area contributed by atoms with E-state index < -0.39 is 0 Å². The molecule has 0 saturated carbocycles. The number of aromatic nitrogens is 1. The van der Waals surface area contributed by atoms with E-state index in [4.69, 9.17) is 0 Å². The summed E-state index contributed by atoms with van der Waals surface area (Å²) < 4.78 is 0. The van der Waals surface area contributed by atoms with Crippen molar-refractivity contribution in [1.29, 1.82) is 0 Å². The van der Waals surface area contributed by atoms with Crippen molar-refractivity contribution < 1.29 is 0 Å². The molecule has 3 nitrogen and oxygen atoms in total. The smallest absolute Gasteiger partial charge is 0.203 e. The number of nitrogens with zero attached hydrogens (tertiary/aromatic N) is 2. The van der Waals surface area contributed by atoms with Crippen LogP contribution >= 0.6 is 11.3 Å². The van der Waals surface area contributed by atoms with E-state index >= 15 is 0 Å². The first-order valence-electron chi connectivity index (χ1n) is 6.74. The Morgan fingerprint density at radius 1 is 1.00 bits per heavy atom. The maximum atomic E-state index is 4.52. The highest BCUT2D eigenvalue weighted by molar-refractivity contribution is 7.14. The van der Waals surface area contributed by atoms with E-state index in [1.165, 1.54) is 5.56 Å². The summed E-state index contributed by atoms with van der Waals surface area (Å²) in [4.78, 5) is 4.52. The molecule has 2 aromatic carbocycles. The average Bonchev–Trinajstić information content (AvgIpc) is 3.02. The SMILES string of the molecule is C(Cc1ccccc1)=NNc1nc(-c2ccccc2)cs1. The standard InChI is InChI=1S/C17H15N3S/c1-3-7-14(8-4-1)11-12-18-20-17-19-16(13-21-17)15-9-5-2-6-10-15/h1-10,12-13H,11H2,(H,19,20). The van der Waals surface area contributed by atoms with Gasteiger partial charge < -0.3 is 0 Å². The van der Waals surface area contributed by atoms with Crippen molar-refractivity contribution in [2.75, 3.05) is 5.43 Å². The summed E-state index contributed by atoms with van der Waals surface area (Å²) in [7, 11) is 0. The number of thiazole rings is 1. The number of hydrazone groups is 1. The quantitative estimate of drug-likeness (QED) is 0.557. The zero-order valence-electron chi connectivity index (χ0n) is 11.4. The van der Waals surface area contributed by atoms with Gasteiger partial charge in [0, 0.05) is 23.6 Å². The molecule has 0 amide bonds. The lowest BCUT2D eigenvalue weighted by atomic mass is 10.2. The van der Waals surface area contributed by atoms with Crippen LogP contribution in [-0.4, -0.2) is 11.2 Å². The molecule has 1 heterocycles. The van der Waals surface area contributed by atoms with Crippen LogP contribution in [0.15, 0.2) is 71.1 Å². The van der Waals surface area contributed by atoms with Crippen molar-refractivity contribution in [3.63, 3.8) is 0 Å². The average molecular weight is 293 g/mol. The molecule has 3 rings (SSSR count). The Morgan fingerprint density at radius 3 is 2.48 bits per heavy atom. The van der Waals surface area contributed by atoms with E-state index in [9.17, 15) is 0 Å². The Labute approximate surface area is 128 Å². The van der Waals surface area contributed by atoms with Crippen LogP contribution in [0.25, 0.3) is 11.3 Å². The zero-order valence-corrected chi connectivity index (χ0v) is 12.3. The van der Waals surface area contributed by atoms with Crippen LogP contribution in [0.2, 0.25) is 0 Å². The first-order valence-corrected chi connectivity index (χ1v) is 7.62. The van der Waals surface area contributed by atoms with E-state index in [0.29, 0.717) is 0 Å². The number of anilines is 1. The summed E-state index contributed by atoms with van der Waals surface area (Å²) in [6.07, 6.45) is 2.67. The van der Waals surface area contributed by atoms with Crippen LogP contribution in [0.5, 0.6) is 0 Å². The Morgan fingerprint density at radius 2 is 1.71 bits per heavy atom. The van der Waals surface area contributed by atoms with E-state index in [1.54, 1.807) is 11.3 Å². The predicted octanol–water partition coefficient (Wildman–Crippen LogP) is 4.45. The zero-order chi connectivity index (χ0) is 14.3. The molecule has 104 valence electrons. The second-order valence-electron chi connectivity index (χ2n) is 4.52. The van der Waals surface area contributed by atoms with Crippen LogP contribution in [-0.2, 0) is 6.42 Å². The van der Waals surface area contributed by atoms with Gasteiger partial charge in [0.2, 0.25) is 5.13 Å². The first kappa shape index (κ1) is 13.5. The summed E-state index contributed by atoms with van der Waals surface area (Å²) in [5.41, 5.74) is 6.32. The molecule has 1 aromatic heterocycles. The van der Waals surface area contributed by atoms with E-state index in [0.717, 1.165) is 22.8 Å². The van der Waals surface area contributed by atoms with Crippen molar-refractivity contribution >= 4 is 22.7 Å². The highest BCUT2D eigenvalue weighted by Crippen LogP contribution is 2.24. The van der Waals surface area contributed by atoms with Crippen molar-refractivity contribution in [3.8, 4) is 11.3 Å². The van der Waals surface area contributed by atoms with Gasteiger partial charge in [0.15, 0.2) is 0 Å². The second kappa shape index (κ2) is 6.81. The fourth-order valence-electron chi connectivity index (χ4n) is 1.93. The molecule has 3 aromatic rings. The summed E-state index contributed by atoms with van der Waals surface area (Å²) >= 11 is 1.55. The van der Waals surface area contributed by atoms with Gasteiger partial charge >= 0.3 is 0 Å². The molecular weight excluding hydrogens is 278 g/mol. The normalized spacial score (nSPS) is 10.9. The Hall–Kier alpha value is -2.46. The van der Waals surface area contributed by atoms with E-state index in [-0.39, 0.29) is 0 Å². The minimum atomic E-state index is 0.804. The van der Waals surface area contributed by atoms with Crippen molar-refractivity contribution in [3.05, 3.63) is 71.6 Å². The fraction of sp³-hybridized carbons (Fsp3) is 0.0588. The van der Waals surface area contributed by atoms with Crippen molar-refractivity contribution in [2.24, 2.45) is 5.10 Å². The summed E-state index contributed by atoms with van der Waals surface area (Å²) in [5, 5.41) is 7.05. The van der Waals surface area contributed by atoms with Gasteiger partial charge in [-0.2, -0.15) is 5.10 Å². The highest BCUT2D eigenvalue weighted by atomic mass is 32.1. The number of hydrogen-bond acceptors (Lipinski definition) is 4. The molecule has 0 atom stereocenters. The van der Waals surface area contributed by atoms with Crippen LogP contribution in [0, 0.1) is 0 Å². The van der Waals surface area contributed by atoms with Gasteiger partial charge in [0.25, 0.3) is 0 Å². The third kappa shape index (κ3) is 3.77.